The fraction of sp³-hybridized carbons (Fsp3) is 0.438. The van der Waals surface area contributed by atoms with Gasteiger partial charge in [-0.05, 0) is 25.0 Å². The second-order valence-corrected chi connectivity index (χ2v) is 5.79. The Labute approximate surface area is 125 Å². The minimum atomic E-state index is 0.510. The molecule has 4 N–H and O–H groups in total. The van der Waals surface area contributed by atoms with Gasteiger partial charge in [-0.3, -0.25) is 4.68 Å². The van der Waals surface area contributed by atoms with Crippen molar-refractivity contribution in [1.29, 1.82) is 0 Å². The lowest BCUT2D eigenvalue weighted by molar-refractivity contribution is 0.443. The van der Waals surface area contributed by atoms with Crippen LogP contribution < -0.4 is 11.6 Å². The van der Waals surface area contributed by atoms with E-state index in [1.807, 2.05) is 6.07 Å². The Kier molecular flexibility index (Phi) is 3.27. The largest absolute Gasteiger partial charge is 0.397 e. The molecule has 5 heteroatoms. The van der Waals surface area contributed by atoms with E-state index >= 15 is 0 Å². The van der Waals surface area contributed by atoms with Crippen molar-refractivity contribution in [2.45, 2.75) is 33.2 Å². The van der Waals surface area contributed by atoms with Crippen LogP contribution in [0.15, 0.2) is 23.3 Å². The van der Waals surface area contributed by atoms with Crippen LogP contribution >= 0.6 is 0 Å². The normalized spacial score (nSPS) is 14.7. The molecule has 1 aromatic carbocycles. The van der Waals surface area contributed by atoms with E-state index in [1.54, 1.807) is 10.9 Å². The molecule has 5 nitrogen and oxygen atoms in total. The Balaban J connectivity index is 2.19. The summed E-state index contributed by atoms with van der Waals surface area (Å²) in [7, 11) is 2.11. The summed E-state index contributed by atoms with van der Waals surface area (Å²) >= 11 is 0. The number of hydrogen-bond acceptors (Lipinski definition) is 4. The molecule has 0 atom stereocenters. The number of aliphatic imine (C=N–C) groups is 1. The summed E-state index contributed by atoms with van der Waals surface area (Å²) in [5.41, 5.74) is 10.0. The topological polar surface area (TPSA) is 72.6 Å². The fourth-order valence-electron chi connectivity index (χ4n) is 3.29. The minimum absolute atomic E-state index is 0.510. The number of amidine groups is 1. The van der Waals surface area contributed by atoms with Crippen LogP contribution in [0.25, 0.3) is 10.9 Å². The molecule has 0 radical (unpaired) electrons. The van der Waals surface area contributed by atoms with Crippen LogP contribution in [0.5, 0.6) is 0 Å². The van der Waals surface area contributed by atoms with E-state index < -0.39 is 0 Å². The van der Waals surface area contributed by atoms with Crippen LogP contribution in [-0.4, -0.2) is 22.5 Å². The van der Waals surface area contributed by atoms with Crippen molar-refractivity contribution in [3.63, 3.8) is 0 Å². The van der Waals surface area contributed by atoms with Crippen molar-refractivity contribution < 1.29 is 0 Å². The molecule has 2 heterocycles. The van der Waals surface area contributed by atoms with Gasteiger partial charge in [-0.1, -0.05) is 13.8 Å². The van der Waals surface area contributed by atoms with Crippen LogP contribution in [0.4, 0.5) is 11.4 Å². The van der Waals surface area contributed by atoms with Gasteiger partial charge in [0.1, 0.15) is 5.84 Å². The minimum Gasteiger partial charge on any atom is -0.397 e. The highest BCUT2D eigenvalue weighted by atomic mass is 15.3. The summed E-state index contributed by atoms with van der Waals surface area (Å²) in [6.45, 7) is 5.27. The van der Waals surface area contributed by atoms with Crippen molar-refractivity contribution in [2.75, 3.05) is 18.6 Å². The Bertz CT molecular complexity index is 709. The maximum absolute atomic E-state index is 6.13. The van der Waals surface area contributed by atoms with Gasteiger partial charge in [0.05, 0.1) is 16.9 Å². The standard InChI is InChI=1S/C16H23N5/c1-4-10(5-2)16-19-13-6-7-14-15(11(13)8-20(16)3)12(17)9-21(14)18/h6-7,9-10H,4-5,8,17-18H2,1-3H3. The smallest absolute Gasteiger partial charge is 0.108 e. The number of nitrogens with zero attached hydrogens (tertiary/aromatic N) is 3. The first-order chi connectivity index (χ1) is 10.1. The third-order valence-corrected chi connectivity index (χ3v) is 4.48. The van der Waals surface area contributed by atoms with Crippen LogP contribution in [0.3, 0.4) is 0 Å². The molecule has 0 saturated carbocycles. The molecule has 0 fully saturated rings. The molecule has 1 aromatic heterocycles. The predicted molar refractivity (Wildman–Crippen MR) is 89.1 cm³/mol. The first-order valence-corrected chi connectivity index (χ1v) is 7.54. The molecule has 112 valence electrons. The predicted octanol–water partition coefficient (Wildman–Crippen LogP) is 2.85. The number of hydrogen-bond donors (Lipinski definition) is 2. The van der Waals surface area contributed by atoms with Crippen molar-refractivity contribution in [1.82, 2.24) is 9.58 Å². The summed E-state index contributed by atoms with van der Waals surface area (Å²) in [5, 5.41) is 1.04. The Morgan fingerprint density at radius 2 is 2.00 bits per heavy atom. The number of fused-ring (bicyclic) bond motifs is 3. The molecular formula is C16H23N5. The molecule has 0 saturated heterocycles. The number of rotatable bonds is 3. The van der Waals surface area contributed by atoms with Crippen LogP contribution in [0, 0.1) is 5.92 Å². The van der Waals surface area contributed by atoms with Crippen molar-refractivity contribution in [3.05, 3.63) is 23.9 Å². The molecule has 0 bridgehead atoms. The molecule has 0 amide bonds. The molecule has 0 aliphatic carbocycles. The molecule has 0 unspecified atom stereocenters. The first kappa shape index (κ1) is 13.8. The summed E-state index contributed by atoms with van der Waals surface area (Å²) in [6.07, 6.45) is 3.99. The fourth-order valence-corrected chi connectivity index (χ4v) is 3.29. The summed E-state index contributed by atoms with van der Waals surface area (Å²) in [4.78, 5) is 7.15. The van der Waals surface area contributed by atoms with E-state index in [2.05, 4.69) is 31.9 Å². The molecule has 21 heavy (non-hydrogen) atoms. The van der Waals surface area contributed by atoms with Crippen LogP contribution in [0.2, 0.25) is 0 Å². The molecule has 2 aromatic rings. The van der Waals surface area contributed by atoms with Gasteiger partial charge in [0.25, 0.3) is 0 Å². The molecular weight excluding hydrogens is 262 g/mol. The third-order valence-electron chi connectivity index (χ3n) is 4.48. The summed E-state index contributed by atoms with van der Waals surface area (Å²) in [6, 6.07) is 4.06. The SMILES string of the molecule is CCC(CC)C1=Nc2ccc3c(c(N)cn3N)c2CN1C. The molecule has 3 rings (SSSR count). The highest BCUT2D eigenvalue weighted by Crippen LogP contribution is 2.37. The number of anilines is 1. The second kappa shape index (κ2) is 4.98. The number of nitrogens with two attached hydrogens (primary N) is 2. The number of benzene rings is 1. The summed E-state index contributed by atoms with van der Waals surface area (Å²) < 4.78 is 1.59. The Morgan fingerprint density at radius 3 is 2.67 bits per heavy atom. The van der Waals surface area contributed by atoms with Gasteiger partial charge in [-0.25, -0.2) is 4.99 Å². The highest BCUT2D eigenvalue weighted by Gasteiger charge is 2.24. The lowest BCUT2D eigenvalue weighted by Gasteiger charge is -2.31. The number of nitrogen functional groups attached to an aromatic ring is 2. The summed E-state index contributed by atoms with van der Waals surface area (Å²) in [5.74, 6) is 7.64. The van der Waals surface area contributed by atoms with Crippen molar-refractivity contribution >= 4 is 28.1 Å². The maximum atomic E-state index is 6.13. The number of aromatic nitrogens is 1. The molecule has 0 spiro atoms. The van der Waals surface area contributed by atoms with E-state index in [4.69, 9.17) is 16.6 Å². The van der Waals surface area contributed by atoms with E-state index in [0.29, 0.717) is 5.92 Å². The quantitative estimate of drug-likeness (QED) is 0.852. The molecule has 1 aliphatic rings. The maximum Gasteiger partial charge on any atom is 0.108 e. The van der Waals surface area contributed by atoms with Gasteiger partial charge in [0.2, 0.25) is 0 Å². The van der Waals surface area contributed by atoms with Crippen molar-refractivity contribution in [3.8, 4) is 0 Å². The van der Waals surface area contributed by atoms with Gasteiger partial charge in [-0.2, -0.15) is 0 Å². The highest BCUT2D eigenvalue weighted by molar-refractivity contribution is 6.00. The van der Waals surface area contributed by atoms with E-state index in [-0.39, 0.29) is 0 Å². The van der Waals surface area contributed by atoms with Crippen molar-refractivity contribution in [2.24, 2.45) is 10.9 Å². The van der Waals surface area contributed by atoms with Gasteiger partial charge >= 0.3 is 0 Å². The van der Waals surface area contributed by atoms with E-state index in [9.17, 15) is 0 Å². The Hall–Kier alpha value is -2.17. The zero-order valence-corrected chi connectivity index (χ0v) is 12.9. The van der Waals surface area contributed by atoms with E-state index in [0.717, 1.165) is 41.7 Å². The van der Waals surface area contributed by atoms with E-state index in [1.165, 1.54) is 11.4 Å². The van der Waals surface area contributed by atoms with Gasteiger partial charge in [0, 0.05) is 36.7 Å². The van der Waals surface area contributed by atoms with Gasteiger partial charge in [0.15, 0.2) is 0 Å². The lowest BCUT2D eigenvalue weighted by atomic mass is 9.97. The first-order valence-electron chi connectivity index (χ1n) is 7.54. The monoisotopic (exact) mass is 285 g/mol. The third kappa shape index (κ3) is 2.04. The zero-order valence-electron chi connectivity index (χ0n) is 12.9. The molecule has 1 aliphatic heterocycles. The second-order valence-electron chi connectivity index (χ2n) is 5.79. The Morgan fingerprint density at radius 1 is 1.29 bits per heavy atom. The average molecular weight is 285 g/mol. The van der Waals surface area contributed by atoms with Gasteiger partial charge in [-0.15, -0.1) is 0 Å². The lowest BCUT2D eigenvalue weighted by Crippen LogP contribution is -2.34. The van der Waals surface area contributed by atoms with Gasteiger partial charge < -0.3 is 16.5 Å². The average Bonchev–Trinajstić information content (AvgIpc) is 2.76. The van der Waals surface area contributed by atoms with Crippen LogP contribution in [0.1, 0.15) is 32.3 Å². The van der Waals surface area contributed by atoms with Crippen LogP contribution in [-0.2, 0) is 6.54 Å². The zero-order chi connectivity index (χ0) is 15.1.